The van der Waals surface area contributed by atoms with E-state index in [1.54, 1.807) is 30.3 Å². The average Bonchev–Trinajstić information content (AvgIpc) is 2.66. The predicted molar refractivity (Wildman–Crippen MR) is 109 cm³/mol. The zero-order chi connectivity index (χ0) is 19.4. The highest BCUT2D eigenvalue weighted by Crippen LogP contribution is 2.26. The van der Waals surface area contributed by atoms with Gasteiger partial charge in [-0.25, -0.2) is 0 Å². The molecule has 0 atom stereocenters. The van der Waals surface area contributed by atoms with E-state index >= 15 is 0 Å². The van der Waals surface area contributed by atoms with Crippen molar-refractivity contribution < 1.29 is 9.59 Å². The van der Waals surface area contributed by atoms with E-state index in [2.05, 4.69) is 10.6 Å². The van der Waals surface area contributed by atoms with Gasteiger partial charge >= 0.3 is 0 Å². The maximum atomic E-state index is 12.8. The molecule has 3 rings (SSSR count). The molecule has 3 aromatic carbocycles. The van der Waals surface area contributed by atoms with Crippen molar-refractivity contribution in [2.24, 2.45) is 5.73 Å². The second-order valence-corrected chi connectivity index (χ2v) is 6.32. The number of para-hydroxylation sites is 1. The van der Waals surface area contributed by atoms with E-state index in [-0.39, 0.29) is 5.91 Å². The lowest BCUT2D eigenvalue weighted by Crippen LogP contribution is -2.15. The lowest BCUT2D eigenvalue weighted by atomic mass is 10.1. The maximum Gasteiger partial charge on any atom is 0.257 e. The van der Waals surface area contributed by atoms with E-state index < -0.39 is 5.91 Å². The SMILES string of the molecule is Cc1cccc(Nc2ccccc2C(=O)Nc2cccc(C(N)=O)c2)c1C. The molecule has 0 saturated carbocycles. The zero-order valence-corrected chi connectivity index (χ0v) is 15.2. The number of primary amides is 1. The van der Waals surface area contributed by atoms with Crippen LogP contribution in [0.5, 0.6) is 0 Å². The highest BCUT2D eigenvalue weighted by molar-refractivity contribution is 6.09. The van der Waals surface area contributed by atoms with Crippen LogP contribution in [0.2, 0.25) is 0 Å². The monoisotopic (exact) mass is 359 g/mol. The van der Waals surface area contributed by atoms with Gasteiger partial charge in [0.25, 0.3) is 5.91 Å². The van der Waals surface area contributed by atoms with Crippen LogP contribution < -0.4 is 16.4 Å². The summed E-state index contributed by atoms with van der Waals surface area (Å²) in [6.07, 6.45) is 0. The van der Waals surface area contributed by atoms with Gasteiger partial charge in [-0.05, 0) is 61.4 Å². The summed E-state index contributed by atoms with van der Waals surface area (Å²) in [5.74, 6) is -0.812. The Hall–Kier alpha value is -3.60. The van der Waals surface area contributed by atoms with Crippen LogP contribution in [0.25, 0.3) is 0 Å². The van der Waals surface area contributed by atoms with Crippen molar-refractivity contribution in [3.05, 3.63) is 89.0 Å². The number of anilines is 3. The molecule has 0 aliphatic rings. The van der Waals surface area contributed by atoms with E-state index in [0.29, 0.717) is 22.5 Å². The largest absolute Gasteiger partial charge is 0.366 e. The molecular weight excluding hydrogens is 338 g/mol. The Morgan fingerprint density at radius 3 is 2.33 bits per heavy atom. The van der Waals surface area contributed by atoms with Crippen LogP contribution in [-0.4, -0.2) is 11.8 Å². The van der Waals surface area contributed by atoms with Crippen LogP contribution in [-0.2, 0) is 0 Å². The third kappa shape index (κ3) is 4.15. The maximum absolute atomic E-state index is 12.8. The molecule has 4 N–H and O–H groups in total. The van der Waals surface area contributed by atoms with E-state index in [1.807, 2.05) is 50.2 Å². The fourth-order valence-corrected chi connectivity index (χ4v) is 2.77. The molecule has 0 aliphatic heterocycles. The number of rotatable bonds is 5. The Kier molecular flexibility index (Phi) is 5.22. The summed E-state index contributed by atoms with van der Waals surface area (Å²) in [6, 6.07) is 19.8. The molecule has 0 saturated heterocycles. The van der Waals surface area contributed by atoms with Crippen LogP contribution in [0.3, 0.4) is 0 Å². The third-order valence-corrected chi connectivity index (χ3v) is 4.45. The molecule has 0 bridgehead atoms. The van der Waals surface area contributed by atoms with Gasteiger partial charge in [0.1, 0.15) is 0 Å². The number of nitrogens with one attached hydrogen (secondary N) is 2. The number of benzene rings is 3. The molecular formula is C22H21N3O2. The average molecular weight is 359 g/mol. The van der Waals surface area contributed by atoms with Crippen LogP contribution in [0, 0.1) is 13.8 Å². The first kappa shape index (κ1) is 18.2. The van der Waals surface area contributed by atoms with Gasteiger partial charge in [-0.1, -0.05) is 30.3 Å². The lowest BCUT2D eigenvalue weighted by Gasteiger charge is -2.15. The molecule has 5 nitrogen and oxygen atoms in total. The molecule has 2 amide bonds. The zero-order valence-electron chi connectivity index (χ0n) is 15.2. The number of carbonyl (C=O) groups excluding carboxylic acids is 2. The molecule has 0 aromatic heterocycles. The molecule has 0 fully saturated rings. The summed E-state index contributed by atoms with van der Waals surface area (Å²) in [4.78, 5) is 24.1. The summed E-state index contributed by atoms with van der Waals surface area (Å²) < 4.78 is 0. The minimum atomic E-state index is -0.539. The Morgan fingerprint density at radius 2 is 1.56 bits per heavy atom. The summed E-state index contributed by atoms with van der Waals surface area (Å²) in [6.45, 7) is 4.08. The van der Waals surface area contributed by atoms with Gasteiger partial charge in [-0.15, -0.1) is 0 Å². The van der Waals surface area contributed by atoms with Crippen LogP contribution >= 0.6 is 0 Å². The summed E-state index contributed by atoms with van der Waals surface area (Å²) >= 11 is 0. The first-order valence-corrected chi connectivity index (χ1v) is 8.59. The number of carbonyl (C=O) groups is 2. The van der Waals surface area contributed by atoms with Gasteiger partial charge in [-0.2, -0.15) is 0 Å². The standard InChI is InChI=1S/C22H21N3O2/c1-14-7-5-12-19(15(14)2)25-20-11-4-3-10-18(20)22(27)24-17-9-6-8-16(13-17)21(23)26/h3-13,25H,1-2H3,(H2,23,26)(H,24,27). The van der Waals surface area contributed by atoms with Crippen LogP contribution in [0.4, 0.5) is 17.1 Å². The van der Waals surface area contributed by atoms with Gasteiger partial charge in [0.15, 0.2) is 0 Å². The number of aryl methyl sites for hydroxylation is 1. The van der Waals surface area contributed by atoms with Gasteiger partial charge in [0.2, 0.25) is 5.91 Å². The second-order valence-electron chi connectivity index (χ2n) is 6.32. The molecule has 0 aliphatic carbocycles. The van der Waals surface area contributed by atoms with Crippen molar-refractivity contribution in [3.8, 4) is 0 Å². The van der Waals surface area contributed by atoms with E-state index in [4.69, 9.17) is 5.73 Å². The topological polar surface area (TPSA) is 84.2 Å². The highest BCUT2D eigenvalue weighted by atomic mass is 16.2. The van der Waals surface area contributed by atoms with Gasteiger partial charge in [0.05, 0.1) is 11.3 Å². The van der Waals surface area contributed by atoms with Crippen molar-refractivity contribution in [3.63, 3.8) is 0 Å². The van der Waals surface area contributed by atoms with Crippen molar-refractivity contribution in [1.82, 2.24) is 0 Å². The fourth-order valence-electron chi connectivity index (χ4n) is 2.77. The van der Waals surface area contributed by atoms with Crippen molar-refractivity contribution in [2.45, 2.75) is 13.8 Å². The van der Waals surface area contributed by atoms with E-state index in [1.165, 1.54) is 5.56 Å². The molecule has 27 heavy (non-hydrogen) atoms. The Labute approximate surface area is 158 Å². The summed E-state index contributed by atoms with van der Waals surface area (Å²) in [7, 11) is 0. The van der Waals surface area contributed by atoms with Crippen molar-refractivity contribution in [2.75, 3.05) is 10.6 Å². The Bertz CT molecular complexity index is 1010. The first-order valence-electron chi connectivity index (χ1n) is 8.59. The van der Waals surface area contributed by atoms with Gasteiger partial charge < -0.3 is 16.4 Å². The minimum Gasteiger partial charge on any atom is -0.366 e. The number of nitrogens with two attached hydrogens (primary N) is 1. The molecule has 0 radical (unpaired) electrons. The molecule has 0 heterocycles. The smallest absolute Gasteiger partial charge is 0.257 e. The predicted octanol–water partition coefficient (Wildman–Crippen LogP) is 4.40. The highest BCUT2D eigenvalue weighted by Gasteiger charge is 2.13. The number of hydrogen-bond acceptors (Lipinski definition) is 3. The van der Waals surface area contributed by atoms with Gasteiger partial charge in [-0.3, -0.25) is 9.59 Å². The van der Waals surface area contributed by atoms with Crippen LogP contribution in [0.1, 0.15) is 31.8 Å². The van der Waals surface area contributed by atoms with Gasteiger partial charge in [0, 0.05) is 16.9 Å². The summed E-state index contributed by atoms with van der Waals surface area (Å²) in [5, 5.41) is 6.16. The van der Waals surface area contributed by atoms with Crippen LogP contribution in [0.15, 0.2) is 66.7 Å². The minimum absolute atomic E-state index is 0.273. The summed E-state index contributed by atoms with van der Waals surface area (Å²) in [5.41, 5.74) is 10.6. The molecule has 0 spiro atoms. The quantitative estimate of drug-likeness (QED) is 0.631. The van der Waals surface area contributed by atoms with Crippen molar-refractivity contribution in [1.29, 1.82) is 0 Å². The first-order chi connectivity index (χ1) is 13.0. The normalized spacial score (nSPS) is 10.3. The lowest BCUT2D eigenvalue weighted by molar-refractivity contribution is 0.0996. The molecule has 0 unspecified atom stereocenters. The fraction of sp³-hybridized carbons (Fsp3) is 0.0909. The second kappa shape index (κ2) is 7.74. The van der Waals surface area contributed by atoms with E-state index in [9.17, 15) is 9.59 Å². The Balaban J connectivity index is 1.87. The number of hydrogen-bond donors (Lipinski definition) is 3. The molecule has 136 valence electrons. The molecule has 3 aromatic rings. The van der Waals surface area contributed by atoms with E-state index in [0.717, 1.165) is 11.3 Å². The molecule has 5 heteroatoms. The Morgan fingerprint density at radius 1 is 0.852 bits per heavy atom. The third-order valence-electron chi connectivity index (χ3n) is 4.45. The number of amides is 2. The van der Waals surface area contributed by atoms with Crippen molar-refractivity contribution >= 4 is 28.9 Å².